The van der Waals surface area contributed by atoms with Crippen LogP contribution in [0, 0.1) is 6.92 Å². The number of amides is 1. The van der Waals surface area contributed by atoms with Crippen molar-refractivity contribution in [3.63, 3.8) is 0 Å². The van der Waals surface area contributed by atoms with E-state index in [-0.39, 0.29) is 23.8 Å². The maximum Gasteiger partial charge on any atom is 0.410 e. The molecule has 0 aliphatic carbocycles. The van der Waals surface area contributed by atoms with E-state index in [1.54, 1.807) is 45.0 Å². The third-order valence-corrected chi connectivity index (χ3v) is 6.42. The molecule has 0 aromatic heterocycles. The molecular weight excluding hydrogens is 456 g/mol. The number of fused-ring (bicyclic) bond motifs is 1. The maximum absolute atomic E-state index is 12.7. The summed E-state index contributed by atoms with van der Waals surface area (Å²) in [6, 6.07) is 11.8. The van der Waals surface area contributed by atoms with Crippen LogP contribution in [-0.4, -0.2) is 61.3 Å². The summed E-state index contributed by atoms with van der Waals surface area (Å²) in [5, 5.41) is 9.33. The normalized spacial score (nSPS) is 13.4. The molecule has 0 bridgehead atoms. The van der Waals surface area contributed by atoms with Gasteiger partial charge in [0.15, 0.2) is 5.75 Å². The van der Waals surface area contributed by atoms with Crippen LogP contribution in [0.5, 0.6) is 5.75 Å². The molecule has 8 nitrogen and oxygen atoms in total. The molecule has 0 spiro atoms. The minimum Gasteiger partial charge on any atom is -0.444 e. The molecule has 1 N–H and O–H groups in total. The minimum absolute atomic E-state index is 0.100. The van der Waals surface area contributed by atoms with Crippen molar-refractivity contribution in [2.45, 2.75) is 44.7 Å². The highest BCUT2D eigenvalue weighted by molar-refractivity contribution is 7.87. The number of carbonyl (C=O) groups is 1. The van der Waals surface area contributed by atoms with Gasteiger partial charge in [0.1, 0.15) is 10.5 Å². The number of ether oxygens (including phenoxy) is 1. The molecule has 34 heavy (non-hydrogen) atoms. The van der Waals surface area contributed by atoms with Crippen molar-refractivity contribution in [2.24, 2.45) is 0 Å². The second-order valence-corrected chi connectivity index (χ2v) is 10.7. The predicted molar refractivity (Wildman–Crippen MR) is 130 cm³/mol. The number of nitrogens with zero attached hydrogens (tertiary/aromatic N) is 2. The van der Waals surface area contributed by atoms with Crippen LogP contribution in [-0.2, 0) is 21.4 Å². The lowest BCUT2D eigenvalue weighted by Crippen LogP contribution is -2.42. The van der Waals surface area contributed by atoms with Gasteiger partial charge in [-0.2, -0.15) is 8.42 Å². The summed E-state index contributed by atoms with van der Waals surface area (Å²) in [5.41, 5.74) is 1.95. The summed E-state index contributed by atoms with van der Waals surface area (Å²) in [4.78, 5) is 16.0. The Morgan fingerprint density at radius 1 is 1.12 bits per heavy atom. The van der Waals surface area contributed by atoms with E-state index in [4.69, 9.17) is 8.92 Å². The Morgan fingerprint density at radius 3 is 2.47 bits per heavy atom. The van der Waals surface area contributed by atoms with Crippen LogP contribution in [0.2, 0.25) is 0 Å². The number of rotatable bonds is 8. The first kappa shape index (κ1) is 25.6. The zero-order valence-corrected chi connectivity index (χ0v) is 20.8. The molecule has 0 saturated carbocycles. The number of aliphatic hydroxyl groups is 1. The fourth-order valence-electron chi connectivity index (χ4n) is 3.46. The third-order valence-electron chi connectivity index (χ3n) is 5.17. The summed E-state index contributed by atoms with van der Waals surface area (Å²) >= 11 is 0. The van der Waals surface area contributed by atoms with E-state index in [2.05, 4.69) is 0 Å². The quantitative estimate of drug-likeness (QED) is 0.565. The first-order valence-electron chi connectivity index (χ1n) is 11.1. The van der Waals surface area contributed by atoms with E-state index >= 15 is 0 Å². The van der Waals surface area contributed by atoms with E-state index < -0.39 is 21.8 Å². The van der Waals surface area contributed by atoms with Crippen LogP contribution < -0.4 is 4.18 Å². The number of hydrogen-bond acceptors (Lipinski definition) is 7. The average Bonchev–Trinajstić information content (AvgIpc) is 2.75. The fraction of sp³-hybridized carbons (Fsp3) is 0.400. The molecule has 0 atom stereocenters. The molecule has 0 saturated heterocycles. The Morgan fingerprint density at radius 2 is 1.82 bits per heavy atom. The van der Waals surface area contributed by atoms with Crippen molar-refractivity contribution in [2.75, 3.05) is 26.2 Å². The van der Waals surface area contributed by atoms with Crippen molar-refractivity contribution >= 4 is 22.3 Å². The first-order valence-corrected chi connectivity index (χ1v) is 12.5. The van der Waals surface area contributed by atoms with Crippen molar-refractivity contribution in [1.29, 1.82) is 0 Å². The molecule has 184 valence electrons. The topological polar surface area (TPSA) is 96.4 Å². The van der Waals surface area contributed by atoms with Gasteiger partial charge in [0.05, 0.1) is 6.61 Å². The summed E-state index contributed by atoms with van der Waals surface area (Å²) in [6.45, 7) is 8.70. The van der Waals surface area contributed by atoms with Crippen LogP contribution in [0.4, 0.5) is 4.79 Å². The zero-order valence-electron chi connectivity index (χ0n) is 20.0. The summed E-state index contributed by atoms with van der Waals surface area (Å²) < 4.78 is 36.4. The van der Waals surface area contributed by atoms with Gasteiger partial charge in [-0.3, -0.25) is 0 Å². The summed E-state index contributed by atoms with van der Waals surface area (Å²) in [5.74, 6) is 0.268. The molecule has 9 heteroatoms. The lowest BCUT2D eigenvalue weighted by molar-refractivity contribution is 0.0207. The molecule has 1 aliphatic heterocycles. The Bertz CT molecular complexity index is 1140. The smallest absolute Gasteiger partial charge is 0.410 e. The molecule has 2 aromatic carbocycles. The molecule has 1 amide bonds. The first-order chi connectivity index (χ1) is 16.0. The lowest BCUT2D eigenvalue weighted by atomic mass is 10.0. The van der Waals surface area contributed by atoms with Gasteiger partial charge >= 0.3 is 16.2 Å². The molecule has 2 aromatic rings. The van der Waals surface area contributed by atoms with Crippen LogP contribution in [0.25, 0.3) is 6.08 Å². The molecule has 3 rings (SSSR count). The monoisotopic (exact) mass is 488 g/mol. The van der Waals surface area contributed by atoms with Crippen LogP contribution >= 0.6 is 0 Å². The van der Waals surface area contributed by atoms with Crippen molar-refractivity contribution < 1.29 is 27.2 Å². The van der Waals surface area contributed by atoms with Gasteiger partial charge < -0.3 is 23.8 Å². The van der Waals surface area contributed by atoms with Gasteiger partial charge in [-0.1, -0.05) is 29.8 Å². The second-order valence-electron chi connectivity index (χ2n) is 9.16. The lowest BCUT2D eigenvalue weighted by Gasteiger charge is -2.31. The molecule has 0 fully saturated rings. The Labute approximate surface area is 201 Å². The van der Waals surface area contributed by atoms with Crippen LogP contribution in [0.3, 0.4) is 0 Å². The van der Waals surface area contributed by atoms with E-state index in [9.17, 15) is 18.3 Å². The van der Waals surface area contributed by atoms with Gasteiger partial charge in [-0.15, -0.1) is 0 Å². The van der Waals surface area contributed by atoms with Crippen molar-refractivity contribution in [3.8, 4) is 5.75 Å². The highest BCUT2D eigenvalue weighted by atomic mass is 32.2. The maximum atomic E-state index is 12.7. The molecule has 0 radical (unpaired) electrons. The highest BCUT2D eigenvalue weighted by Gasteiger charge is 2.24. The van der Waals surface area contributed by atoms with Gasteiger partial charge in [0.2, 0.25) is 0 Å². The van der Waals surface area contributed by atoms with Gasteiger partial charge in [0.25, 0.3) is 0 Å². The summed E-state index contributed by atoms with van der Waals surface area (Å²) in [7, 11) is -3.96. The number of benzene rings is 2. The number of hydrogen-bond donors (Lipinski definition) is 1. The Balaban J connectivity index is 1.69. The molecule has 1 heterocycles. The van der Waals surface area contributed by atoms with Crippen LogP contribution in [0.15, 0.2) is 53.6 Å². The van der Waals surface area contributed by atoms with E-state index in [1.807, 2.05) is 30.2 Å². The van der Waals surface area contributed by atoms with Gasteiger partial charge in [-0.05, 0) is 57.5 Å². The third kappa shape index (κ3) is 6.74. The van der Waals surface area contributed by atoms with Gasteiger partial charge in [0, 0.05) is 37.9 Å². The SMILES string of the molecule is Cc1ccc(S(=O)(=O)Oc2cccc3c2C=CN(CCN(CCO)C(=O)OC(C)(C)C)C3)cc1. The van der Waals surface area contributed by atoms with Crippen molar-refractivity contribution in [1.82, 2.24) is 9.80 Å². The van der Waals surface area contributed by atoms with Crippen LogP contribution in [0.1, 0.15) is 37.5 Å². The predicted octanol–water partition coefficient (Wildman–Crippen LogP) is 3.78. The van der Waals surface area contributed by atoms with Gasteiger partial charge in [-0.25, -0.2) is 4.79 Å². The Hall–Kier alpha value is -3.04. The molecular formula is C25H32N2O6S. The minimum atomic E-state index is -3.96. The largest absolute Gasteiger partial charge is 0.444 e. The Kier molecular flexibility index (Phi) is 7.89. The second kappa shape index (κ2) is 10.5. The molecule has 0 unspecified atom stereocenters. The van der Waals surface area contributed by atoms with E-state index in [1.165, 1.54) is 17.0 Å². The number of aryl methyl sites for hydroxylation is 1. The highest BCUT2D eigenvalue weighted by Crippen LogP contribution is 2.31. The zero-order chi connectivity index (χ0) is 24.9. The fourth-order valence-corrected chi connectivity index (χ4v) is 4.40. The summed E-state index contributed by atoms with van der Waals surface area (Å²) in [6.07, 6.45) is 3.18. The number of aliphatic hydroxyl groups excluding tert-OH is 1. The van der Waals surface area contributed by atoms with E-state index in [0.717, 1.165) is 11.1 Å². The van der Waals surface area contributed by atoms with E-state index in [0.29, 0.717) is 25.2 Å². The average molecular weight is 489 g/mol. The van der Waals surface area contributed by atoms with Crippen molar-refractivity contribution in [3.05, 3.63) is 65.4 Å². The standard InChI is InChI=1S/C25H32N2O6S/c1-19-8-10-21(11-9-19)34(30,31)33-23-7-5-6-20-18-26(13-12-22(20)23)14-15-27(16-17-28)24(29)32-25(2,3)4/h5-13,28H,14-18H2,1-4H3. The molecule has 1 aliphatic rings. The number of carbonyl (C=O) groups excluding carboxylic acids is 1.